The highest BCUT2D eigenvalue weighted by Gasteiger charge is 2.09. The molecule has 0 atom stereocenters. The van der Waals surface area contributed by atoms with Gasteiger partial charge in [0.25, 0.3) is 0 Å². The van der Waals surface area contributed by atoms with Crippen LogP contribution in [-0.4, -0.2) is 16.1 Å². The number of hydrogen-bond donors (Lipinski definition) is 1. The minimum Gasteiger partial charge on any atom is -0.478 e. The molecule has 1 aromatic heterocycles. The summed E-state index contributed by atoms with van der Waals surface area (Å²) in [5.74, 6) is -0.923. The summed E-state index contributed by atoms with van der Waals surface area (Å²) in [7, 11) is 0. The van der Waals surface area contributed by atoms with Crippen LogP contribution in [0.2, 0.25) is 0 Å². The van der Waals surface area contributed by atoms with Crippen molar-refractivity contribution in [3.8, 4) is 0 Å². The van der Waals surface area contributed by atoms with E-state index in [1.165, 1.54) is 0 Å². The van der Waals surface area contributed by atoms with Crippen LogP contribution in [0.3, 0.4) is 0 Å². The van der Waals surface area contributed by atoms with Crippen molar-refractivity contribution in [3.63, 3.8) is 0 Å². The molecule has 3 nitrogen and oxygen atoms in total. The molecule has 0 saturated carbocycles. The summed E-state index contributed by atoms with van der Waals surface area (Å²) in [6, 6.07) is 14.7. The number of halogens is 2. The van der Waals surface area contributed by atoms with Gasteiger partial charge in [-0.05, 0) is 24.3 Å². The van der Waals surface area contributed by atoms with Crippen molar-refractivity contribution in [2.24, 2.45) is 0 Å². The lowest BCUT2D eigenvalue weighted by Gasteiger charge is -2.04. The van der Waals surface area contributed by atoms with Gasteiger partial charge in [0.05, 0.1) is 16.6 Å². The van der Waals surface area contributed by atoms with Crippen LogP contribution in [0, 0.1) is 0 Å². The van der Waals surface area contributed by atoms with Crippen molar-refractivity contribution >= 4 is 52.6 Å². The number of carbonyl (C=O) groups is 1. The average Bonchev–Trinajstić information content (AvgIpc) is 2.35. The van der Waals surface area contributed by atoms with E-state index in [1.807, 2.05) is 36.4 Å². The molecule has 0 fully saturated rings. The van der Waals surface area contributed by atoms with E-state index in [1.54, 1.807) is 12.1 Å². The first-order valence-corrected chi connectivity index (χ1v) is 5.27. The van der Waals surface area contributed by atoms with E-state index >= 15 is 0 Å². The predicted molar refractivity (Wildman–Crippen MR) is 80.7 cm³/mol. The van der Waals surface area contributed by atoms with Crippen LogP contribution in [0.1, 0.15) is 10.4 Å². The molecule has 2 aromatic carbocycles. The van der Waals surface area contributed by atoms with Crippen molar-refractivity contribution < 1.29 is 9.90 Å². The second kappa shape index (κ2) is 5.87. The molecule has 0 unspecified atom stereocenters. The molecule has 0 spiro atoms. The number of rotatable bonds is 1. The molecule has 3 aromatic rings. The standard InChI is InChI=1S/C14H9NO2.2ClH/c16-14(17)10-5-3-7-13-11(10)8-9-4-1-2-6-12(9)15-13;;/h1-8H,(H,16,17);2*1H. The molecule has 0 bridgehead atoms. The van der Waals surface area contributed by atoms with Gasteiger partial charge < -0.3 is 5.11 Å². The zero-order valence-electron chi connectivity index (χ0n) is 9.74. The molecule has 3 rings (SSSR count). The fraction of sp³-hybridized carbons (Fsp3) is 0. The molecule has 19 heavy (non-hydrogen) atoms. The summed E-state index contributed by atoms with van der Waals surface area (Å²) >= 11 is 0. The Bertz CT molecular complexity index is 744. The van der Waals surface area contributed by atoms with Gasteiger partial charge in [0.15, 0.2) is 0 Å². The van der Waals surface area contributed by atoms with Crippen molar-refractivity contribution in [2.75, 3.05) is 0 Å². The van der Waals surface area contributed by atoms with Crippen LogP contribution in [-0.2, 0) is 0 Å². The maximum Gasteiger partial charge on any atom is 0.336 e. The Morgan fingerprint density at radius 3 is 2.37 bits per heavy atom. The molecular formula is C14H11Cl2NO2. The van der Waals surface area contributed by atoms with E-state index in [4.69, 9.17) is 5.11 Å². The molecule has 98 valence electrons. The summed E-state index contributed by atoms with van der Waals surface area (Å²) in [5.41, 5.74) is 1.88. The van der Waals surface area contributed by atoms with Crippen molar-refractivity contribution in [3.05, 3.63) is 54.1 Å². The van der Waals surface area contributed by atoms with Gasteiger partial charge in [0, 0.05) is 10.8 Å². The van der Waals surface area contributed by atoms with Gasteiger partial charge >= 0.3 is 5.97 Å². The highest BCUT2D eigenvalue weighted by atomic mass is 35.5. The van der Waals surface area contributed by atoms with Gasteiger partial charge in [0.2, 0.25) is 0 Å². The average molecular weight is 296 g/mol. The van der Waals surface area contributed by atoms with Gasteiger partial charge in [-0.3, -0.25) is 0 Å². The lowest BCUT2D eigenvalue weighted by atomic mass is 10.1. The monoisotopic (exact) mass is 295 g/mol. The molecule has 0 aliphatic heterocycles. The lowest BCUT2D eigenvalue weighted by molar-refractivity contribution is 0.0699. The molecule has 5 heteroatoms. The number of para-hydroxylation sites is 1. The van der Waals surface area contributed by atoms with E-state index in [9.17, 15) is 4.79 Å². The molecule has 0 saturated heterocycles. The second-order valence-corrected chi connectivity index (χ2v) is 3.86. The number of aromatic nitrogens is 1. The Morgan fingerprint density at radius 2 is 1.63 bits per heavy atom. The van der Waals surface area contributed by atoms with Crippen LogP contribution in [0.5, 0.6) is 0 Å². The number of carboxylic acids is 1. The molecule has 1 heterocycles. The first kappa shape index (κ1) is 15.2. The highest BCUT2D eigenvalue weighted by Crippen LogP contribution is 2.22. The van der Waals surface area contributed by atoms with Crippen LogP contribution >= 0.6 is 24.8 Å². The number of benzene rings is 2. The van der Waals surface area contributed by atoms with E-state index < -0.39 is 5.97 Å². The van der Waals surface area contributed by atoms with Crippen LogP contribution in [0.25, 0.3) is 21.8 Å². The first-order chi connectivity index (χ1) is 8.25. The van der Waals surface area contributed by atoms with Gasteiger partial charge in [-0.1, -0.05) is 24.3 Å². The summed E-state index contributed by atoms with van der Waals surface area (Å²) in [6.45, 7) is 0. The largest absolute Gasteiger partial charge is 0.478 e. The third-order valence-corrected chi connectivity index (χ3v) is 2.79. The normalized spacial score (nSPS) is 9.68. The Hall–Kier alpha value is -1.84. The summed E-state index contributed by atoms with van der Waals surface area (Å²) in [6.07, 6.45) is 0. The summed E-state index contributed by atoms with van der Waals surface area (Å²) in [5, 5.41) is 10.8. The van der Waals surface area contributed by atoms with Gasteiger partial charge in [-0.2, -0.15) is 0 Å². The Morgan fingerprint density at radius 1 is 0.947 bits per heavy atom. The third-order valence-electron chi connectivity index (χ3n) is 2.79. The van der Waals surface area contributed by atoms with Crippen molar-refractivity contribution in [1.82, 2.24) is 4.98 Å². The minimum absolute atomic E-state index is 0. The SMILES string of the molecule is Cl.Cl.O=C(O)c1cccc2nc3ccccc3cc12. The first-order valence-electron chi connectivity index (χ1n) is 5.27. The number of nitrogens with zero attached hydrogens (tertiary/aromatic N) is 1. The van der Waals surface area contributed by atoms with E-state index in [0.717, 1.165) is 10.9 Å². The molecular weight excluding hydrogens is 285 g/mol. The van der Waals surface area contributed by atoms with Crippen LogP contribution in [0.15, 0.2) is 48.5 Å². The maximum atomic E-state index is 11.1. The number of hydrogen-bond acceptors (Lipinski definition) is 2. The van der Waals surface area contributed by atoms with Crippen LogP contribution in [0.4, 0.5) is 0 Å². The topological polar surface area (TPSA) is 50.2 Å². The zero-order chi connectivity index (χ0) is 11.8. The van der Waals surface area contributed by atoms with E-state index in [0.29, 0.717) is 16.5 Å². The summed E-state index contributed by atoms with van der Waals surface area (Å²) in [4.78, 5) is 15.6. The number of pyridine rings is 1. The number of aromatic carboxylic acids is 1. The maximum absolute atomic E-state index is 11.1. The van der Waals surface area contributed by atoms with Gasteiger partial charge in [0.1, 0.15) is 0 Å². The Kier molecular flexibility index (Phi) is 4.70. The highest BCUT2D eigenvalue weighted by molar-refractivity contribution is 6.05. The fourth-order valence-electron chi connectivity index (χ4n) is 1.99. The molecule has 0 aliphatic rings. The zero-order valence-corrected chi connectivity index (χ0v) is 11.4. The lowest BCUT2D eigenvalue weighted by Crippen LogP contribution is -1.97. The van der Waals surface area contributed by atoms with Gasteiger partial charge in [-0.15, -0.1) is 24.8 Å². The molecule has 0 aliphatic carbocycles. The Labute approximate surface area is 122 Å². The van der Waals surface area contributed by atoms with Crippen molar-refractivity contribution in [1.29, 1.82) is 0 Å². The molecule has 0 amide bonds. The van der Waals surface area contributed by atoms with E-state index in [-0.39, 0.29) is 24.8 Å². The number of fused-ring (bicyclic) bond motifs is 2. The fourth-order valence-corrected chi connectivity index (χ4v) is 1.99. The molecule has 0 radical (unpaired) electrons. The quantitative estimate of drug-likeness (QED) is 0.692. The van der Waals surface area contributed by atoms with Crippen LogP contribution < -0.4 is 0 Å². The smallest absolute Gasteiger partial charge is 0.336 e. The van der Waals surface area contributed by atoms with Crippen molar-refractivity contribution in [2.45, 2.75) is 0 Å². The molecule has 1 N–H and O–H groups in total. The third kappa shape index (κ3) is 2.62. The number of carboxylic acid groups (broad SMARTS) is 1. The predicted octanol–water partition coefficient (Wildman–Crippen LogP) is 3.93. The van der Waals surface area contributed by atoms with E-state index in [2.05, 4.69) is 4.98 Å². The Balaban J connectivity index is 0.000000902. The summed E-state index contributed by atoms with van der Waals surface area (Å²) < 4.78 is 0. The second-order valence-electron chi connectivity index (χ2n) is 3.86. The van der Waals surface area contributed by atoms with Gasteiger partial charge in [-0.25, -0.2) is 9.78 Å². The minimum atomic E-state index is -0.923.